The van der Waals surface area contributed by atoms with E-state index in [9.17, 15) is 0 Å². The summed E-state index contributed by atoms with van der Waals surface area (Å²) in [4.78, 5) is 0. The van der Waals surface area contributed by atoms with E-state index in [4.69, 9.17) is 0 Å². The molecular formula is C32H45Br. The third kappa shape index (κ3) is 7.20. The molecule has 2 fully saturated rings. The fraction of sp³-hybridized carbons (Fsp3) is 0.625. The van der Waals surface area contributed by atoms with Gasteiger partial charge in [-0.2, -0.15) is 0 Å². The average Bonchev–Trinajstić information content (AvgIpc) is 2.89. The molecule has 0 N–H and O–H groups in total. The molecule has 0 spiro atoms. The first-order valence-corrected chi connectivity index (χ1v) is 15.1. The van der Waals surface area contributed by atoms with E-state index in [1.54, 1.807) is 5.56 Å². The van der Waals surface area contributed by atoms with Crippen LogP contribution in [-0.2, 0) is 6.42 Å². The van der Waals surface area contributed by atoms with Gasteiger partial charge in [-0.1, -0.05) is 110 Å². The van der Waals surface area contributed by atoms with Crippen LogP contribution in [0.2, 0.25) is 0 Å². The summed E-state index contributed by atoms with van der Waals surface area (Å²) in [6, 6.07) is 18.7. The summed E-state index contributed by atoms with van der Waals surface area (Å²) in [7, 11) is 0. The van der Waals surface area contributed by atoms with Crippen LogP contribution in [0.25, 0.3) is 11.1 Å². The van der Waals surface area contributed by atoms with Gasteiger partial charge < -0.3 is 0 Å². The Morgan fingerprint density at radius 1 is 0.667 bits per heavy atom. The molecule has 0 amide bonds. The Morgan fingerprint density at radius 2 is 1.24 bits per heavy atom. The second kappa shape index (κ2) is 13.1. The number of unbranched alkanes of at least 4 members (excludes halogenated alkanes) is 2. The van der Waals surface area contributed by atoms with E-state index in [0.29, 0.717) is 0 Å². The van der Waals surface area contributed by atoms with Crippen molar-refractivity contribution in [2.45, 2.75) is 103 Å². The highest BCUT2D eigenvalue weighted by atomic mass is 79.9. The first-order valence-electron chi connectivity index (χ1n) is 14.0. The lowest BCUT2D eigenvalue weighted by Gasteiger charge is -2.38. The molecule has 0 heterocycles. The zero-order valence-corrected chi connectivity index (χ0v) is 22.5. The molecule has 0 aliphatic heterocycles. The smallest absolute Gasteiger partial charge is 0.00344 e. The summed E-state index contributed by atoms with van der Waals surface area (Å²) < 4.78 is 0. The molecule has 0 aromatic heterocycles. The molecule has 0 bridgehead atoms. The van der Waals surface area contributed by atoms with Gasteiger partial charge >= 0.3 is 0 Å². The van der Waals surface area contributed by atoms with Crippen LogP contribution in [0.3, 0.4) is 0 Å². The minimum atomic E-state index is 0.785. The van der Waals surface area contributed by atoms with Gasteiger partial charge in [-0.3, -0.25) is 0 Å². The van der Waals surface area contributed by atoms with Crippen LogP contribution in [0.15, 0.2) is 48.5 Å². The van der Waals surface area contributed by atoms with Crippen LogP contribution in [0.1, 0.15) is 107 Å². The van der Waals surface area contributed by atoms with Crippen molar-refractivity contribution in [1.29, 1.82) is 0 Å². The van der Waals surface area contributed by atoms with Crippen molar-refractivity contribution >= 4 is 15.9 Å². The van der Waals surface area contributed by atoms with Crippen molar-refractivity contribution < 1.29 is 0 Å². The summed E-state index contributed by atoms with van der Waals surface area (Å²) in [5.74, 6) is 3.88. The van der Waals surface area contributed by atoms with E-state index in [2.05, 4.69) is 71.4 Å². The standard InChI is InChI=1S/C32H45Br/c1-2-3-4-6-25-8-12-27(13-9-25)29-16-20-31(21-17-29)32-22-18-30(19-23-32)28-14-10-26(11-15-28)7-5-24-33/h10-11,14-15,18-19,22-23,25,27,29,31H,2-9,12-13,16-17,20-21,24H2,1H3/t25-,27-,29?,31?. The minimum Gasteiger partial charge on any atom is -0.0928 e. The third-order valence-corrected chi connectivity index (χ3v) is 9.38. The number of aryl methyl sites for hydroxylation is 1. The molecule has 4 rings (SSSR count). The maximum atomic E-state index is 3.53. The minimum absolute atomic E-state index is 0.785. The van der Waals surface area contributed by atoms with Gasteiger partial charge in [-0.25, -0.2) is 0 Å². The van der Waals surface area contributed by atoms with Crippen LogP contribution in [0.4, 0.5) is 0 Å². The van der Waals surface area contributed by atoms with Crippen molar-refractivity contribution in [3.63, 3.8) is 0 Å². The monoisotopic (exact) mass is 508 g/mol. The van der Waals surface area contributed by atoms with Gasteiger partial charge in [-0.15, -0.1) is 0 Å². The molecule has 2 saturated carbocycles. The SMILES string of the molecule is CCCCC[C@H]1CC[C@H](C2CCC(c3ccc(-c4ccc(CCCBr)cc4)cc3)CC2)CC1. The molecule has 2 aliphatic rings. The summed E-state index contributed by atoms with van der Waals surface area (Å²) in [5, 5.41) is 1.08. The van der Waals surface area contributed by atoms with Crippen molar-refractivity contribution in [1.82, 2.24) is 0 Å². The van der Waals surface area contributed by atoms with Gasteiger partial charge in [0.25, 0.3) is 0 Å². The van der Waals surface area contributed by atoms with E-state index in [1.165, 1.54) is 100 Å². The molecule has 0 radical (unpaired) electrons. The largest absolute Gasteiger partial charge is 0.0928 e. The van der Waals surface area contributed by atoms with Crippen molar-refractivity contribution in [2.24, 2.45) is 17.8 Å². The van der Waals surface area contributed by atoms with Crippen LogP contribution in [-0.4, -0.2) is 5.33 Å². The van der Waals surface area contributed by atoms with E-state index in [1.807, 2.05) is 0 Å². The van der Waals surface area contributed by atoms with Gasteiger partial charge in [0.15, 0.2) is 0 Å². The van der Waals surface area contributed by atoms with Crippen LogP contribution < -0.4 is 0 Å². The van der Waals surface area contributed by atoms with Crippen molar-refractivity contribution in [2.75, 3.05) is 5.33 Å². The first-order chi connectivity index (χ1) is 16.3. The molecule has 33 heavy (non-hydrogen) atoms. The quantitative estimate of drug-likeness (QED) is 0.221. The summed E-state index contributed by atoms with van der Waals surface area (Å²) in [6.45, 7) is 2.33. The lowest BCUT2D eigenvalue weighted by molar-refractivity contribution is 0.155. The van der Waals surface area contributed by atoms with Gasteiger partial charge in [-0.05, 0) is 97.3 Å². The Kier molecular flexibility index (Phi) is 9.95. The van der Waals surface area contributed by atoms with E-state index in [-0.39, 0.29) is 0 Å². The highest BCUT2D eigenvalue weighted by molar-refractivity contribution is 9.09. The molecule has 2 aromatic rings. The number of halogens is 1. The van der Waals surface area contributed by atoms with E-state index < -0.39 is 0 Å². The zero-order chi connectivity index (χ0) is 22.9. The van der Waals surface area contributed by atoms with E-state index in [0.717, 1.165) is 35.4 Å². The second-order valence-corrected chi connectivity index (χ2v) is 11.8. The second-order valence-electron chi connectivity index (χ2n) is 11.0. The summed E-state index contributed by atoms with van der Waals surface area (Å²) in [6.07, 6.45) is 20.0. The topological polar surface area (TPSA) is 0 Å². The lowest BCUT2D eigenvalue weighted by atomic mass is 9.68. The number of benzene rings is 2. The van der Waals surface area contributed by atoms with Gasteiger partial charge in [0.1, 0.15) is 0 Å². The molecule has 2 aromatic carbocycles. The Hall–Kier alpha value is -1.08. The van der Waals surface area contributed by atoms with Gasteiger partial charge in [0, 0.05) is 5.33 Å². The highest BCUT2D eigenvalue weighted by Gasteiger charge is 2.31. The molecule has 0 atom stereocenters. The fourth-order valence-corrected chi connectivity index (χ4v) is 6.92. The maximum absolute atomic E-state index is 3.53. The summed E-state index contributed by atoms with van der Waals surface area (Å²) in [5.41, 5.74) is 5.72. The number of alkyl halides is 1. The maximum Gasteiger partial charge on any atom is 0.00344 e. The van der Waals surface area contributed by atoms with Gasteiger partial charge in [0.05, 0.1) is 0 Å². The van der Waals surface area contributed by atoms with Gasteiger partial charge in [0.2, 0.25) is 0 Å². The Balaban J connectivity index is 1.23. The molecule has 2 aliphatic carbocycles. The molecular weight excluding hydrogens is 464 g/mol. The summed E-state index contributed by atoms with van der Waals surface area (Å²) >= 11 is 3.53. The first kappa shape index (κ1) is 25.0. The highest BCUT2D eigenvalue weighted by Crippen LogP contribution is 2.44. The van der Waals surface area contributed by atoms with Crippen LogP contribution >= 0.6 is 15.9 Å². The Morgan fingerprint density at radius 3 is 1.82 bits per heavy atom. The molecule has 180 valence electrons. The van der Waals surface area contributed by atoms with Crippen LogP contribution in [0, 0.1) is 17.8 Å². The molecule has 0 unspecified atom stereocenters. The average molecular weight is 510 g/mol. The number of rotatable bonds is 10. The zero-order valence-electron chi connectivity index (χ0n) is 20.9. The lowest BCUT2D eigenvalue weighted by Crippen LogP contribution is -2.25. The predicted molar refractivity (Wildman–Crippen MR) is 148 cm³/mol. The molecule has 0 saturated heterocycles. The normalized spacial score (nSPS) is 25.8. The molecule has 1 heteroatoms. The van der Waals surface area contributed by atoms with E-state index >= 15 is 0 Å². The number of hydrogen-bond donors (Lipinski definition) is 0. The number of hydrogen-bond acceptors (Lipinski definition) is 0. The fourth-order valence-electron chi connectivity index (χ4n) is 6.64. The Bertz CT molecular complexity index is 789. The van der Waals surface area contributed by atoms with Crippen molar-refractivity contribution in [3.05, 3.63) is 59.7 Å². The Labute approximate surface area is 212 Å². The molecule has 0 nitrogen and oxygen atoms in total. The predicted octanol–water partition coefficient (Wildman–Crippen LogP) is 10.3. The van der Waals surface area contributed by atoms with Crippen LogP contribution in [0.5, 0.6) is 0 Å². The van der Waals surface area contributed by atoms with Crippen molar-refractivity contribution in [3.8, 4) is 11.1 Å². The third-order valence-electron chi connectivity index (χ3n) is 8.81.